The Morgan fingerprint density at radius 3 is 2.60 bits per heavy atom. The zero-order valence-electron chi connectivity index (χ0n) is 7.61. The smallest absolute Gasteiger partial charge is 0.296 e. The molecule has 1 aromatic rings. The van der Waals surface area contributed by atoms with Crippen LogP contribution < -0.4 is 0 Å². The van der Waals surface area contributed by atoms with Crippen molar-refractivity contribution in [1.29, 1.82) is 0 Å². The Balaban J connectivity index is 3.45. The third-order valence-electron chi connectivity index (χ3n) is 1.78. The number of aldehydes is 1. The lowest BCUT2D eigenvalue weighted by Gasteiger charge is -2.03. The van der Waals surface area contributed by atoms with Gasteiger partial charge in [-0.15, -0.1) is 0 Å². The van der Waals surface area contributed by atoms with Crippen molar-refractivity contribution in [3.63, 3.8) is 0 Å². The largest absolute Gasteiger partial charge is 0.296 e. The number of alkyl halides is 2. The van der Waals surface area contributed by atoms with Crippen LogP contribution in [0.1, 0.15) is 28.2 Å². The van der Waals surface area contributed by atoms with E-state index in [0.29, 0.717) is 0 Å². The summed E-state index contributed by atoms with van der Waals surface area (Å²) in [6, 6.07) is 0.915. The monoisotopic (exact) mass is 216 g/mol. The van der Waals surface area contributed by atoms with E-state index in [-0.39, 0.29) is 17.5 Å². The molecule has 0 spiro atoms. The third-order valence-corrected chi connectivity index (χ3v) is 1.78. The van der Waals surface area contributed by atoms with E-state index in [0.717, 1.165) is 6.07 Å². The number of rotatable bonds is 3. The maximum atomic E-state index is 12.4. The zero-order valence-corrected chi connectivity index (χ0v) is 7.61. The number of hydrogen-bond acceptors (Lipinski definition) is 4. The van der Waals surface area contributed by atoms with Gasteiger partial charge >= 0.3 is 0 Å². The van der Waals surface area contributed by atoms with Gasteiger partial charge in [0.25, 0.3) is 12.1 Å². The van der Waals surface area contributed by atoms with E-state index in [9.17, 15) is 23.7 Å². The Morgan fingerprint density at radius 1 is 1.60 bits per heavy atom. The SMILES string of the molecule is Cc1cc([N+](=O)[O-])c(C(F)F)nc1C=O. The van der Waals surface area contributed by atoms with Gasteiger partial charge in [-0.25, -0.2) is 13.8 Å². The van der Waals surface area contributed by atoms with Crippen LogP contribution in [0.15, 0.2) is 6.07 Å². The first-order valence-corrected chi connectivity index (χ1v) is 3.86. The molecule has 1 aromatic heterocycles. The van der Waals surface area contributed by atoms with Crippen LogP contribution in [0.25, 0.3) is 0 Å². The molecule has 0 atom stereocenters. The lowest BCUT2D eigenvalue weighted by molar-refractivity contribution is -0.386. The normalized spacial score (nSPS) is 10.4. The summed E-state index contributed by atoms with van der Waals surface area (Å²) < 4.78 is 24.7. The summed E-state index contributed by atoms with van der Waals surface area (Å²) in [6.45, 7) is 1.39. The van der Waals surface area contributed by atoms with Crippen molar-refractivity contribution >= 4 is 12.0 Å². The number of carbonyl (C=O) groups is 1. The molecule has 0 aliphatic heterocycles. The summed E-state index contributed by atoms with van der Waals surface area (Å²) in [7, 11) is 0. The second-order valence-corrected chi connectivity index (χ2v) is 2.77. The molecule has 0 unspecified atom stereocenters. The molecule has 0 N–H and O–H groups in total. The number of aromatic nitrogens is 1. The lowest BCUT2D eigenvalue weighted by Crippen LogP contribution is -2.04. The third kappa shape index (κ3) is 2.12. The Bertz CT molecular complexity index is 421. The molecule has 0 radical (unpaired) electrons. The predicted molar refractivity (Wildman–Crippen MR) is 46.0 cm³/mol. The predicted octanol–water partition coefficient (Wildman–Crippen LogP) is 2.05. The van der Waals surface area contributed by atoms with Gasteiger partial charge < -0.3 is 0 Å². The highest BCUT2D eigenvalue weighted by atomic mass is 19.3. The standard InChI is InChI=1S/C8H6F2N2O3/c1-4-2-6(12(14)15)7(8(9)10)11-5(4)3-13/h2-3,8H,1H3. The van der Waals surface area contributed by atoms with E-state index >= 15 is 0 Å². The molecule has 1 heterocycles. The number of carbonyl (C=O) groups excluding carboxylic acids is 1. The minimum absolute atomic E-state index is 0.195. The first kappa shape index (κ1) is 11.2. The van der Waals surface area contributed by atoms with Gasteiger partial charge in [0, 0.05) is 6.07 Å². The second kappa shape index (κ2) is 4.07. The van der Waals surface area contributed by atoms with Crippen molar-refractivity contribution in [2.24, 2.45) is 0 Å². The summed E-state index contributed by atoms with van der Waals surface area (Å²) in [4.78, 5) is 23.1. The molecular formula is C8H6F2N2O3. The summed E-state index contributed by atoms with van der Waals surface area (Å²) in [5.41, 5.74) is -1.77. The molecule has 0 bridgehead atoms. The molecule has 1 rings (SSSR count). The topological polar surface area (TPSA) is 73.1 Å². The van der Waals surface area contributed by atoms with Crippen LogP contribution in [-0.2, 0) is 0 Å². The van der Waals surface area contributed by atoms with Gasteiger partial charge in [-0.05, 0) is 12.5 Å². The fourth-order valence-electron chi connectivity index (χ4n) is 1.05. The molecule has 7 heteroatoms. The van der Waals surface area contributed by atoms with E-state index in [2.05, 4.69) is 4.98 Å². The van der Waals surface area contributed by atoms with Crippen molar-refractivity contribution in [3.8, 4) is 0 Å². The van der Waals surface area contributed by atoms with Crippen molar-refractivity contribution in [2.75, 3.05) is 0 Å². The van der Waals surface area contributed by atoms with Crippen LogP contribution in [0.5, 0.6) is 0 Å². The number of halogens is 2. The average molecular weight is 216 g/mol. The molecule has 0 aliphatic carbocycles. The first-order valence-electron chi connectivity index (χ1n) is 3.86. The molecule has 0 saturated heterocycles. The van der Waals surface area contributed by atoms with Crippen LogP contribution >= 0.6 is 0 Å². The van der Waals surface area contributed by atoms with Crippen molar-refractivity contribution in [1.82, 2.24) is 4.98 Å². The van der Waals surface area contributed by atoms with Gasteiger partial charge in [-0.1, -0.05) is 0 Å². The fourth-order valence-corrected chi connectivity index (χ4v) is 1.05. The van der Waals surface area contributed by atoms with Crippen molar-refractivity contribution < 1.29 is 18.5 Å². The molecule has 0 saturated carbocycles. The van der Waals surface area contributed by atoms with Gasteiger partial charge in [0.05, 0.1) is 4.92 Å². The van der Waals surface area contributed by atoms with Gasteiger partial charge in [0.15, 0.2) is 12.0 Å². The van der Waals surface area contributed by atoms with E-state index in [1.54, 1.807) is 0 Å². The molecule has 5 nitrogen and oxygen atoms in total. The molecule has 0 fully saturated rings. The summed E-state index contributed by atoms with van der Waals surface area (Å²) in [5.74, 6) is 0. The number of hydrogen-bond donors (Lipinski definition) is 0. The number of nitro groups is 1. The summed E-state index contributed by atoms with van der Waals surface area (Å²) in [6.07, 6.45) is -2.80. The first-order chi connectivity index (χ1) is 6.97. The van der Waals surface area contributed by atoms with Gasteiger partial charge in [-0.3, -0.25) is 14.9 Å². The Labute approximate surface area is 82.9 Å². The number of aryl methyl sites for hydroxylation is 1. The molecule has 0 amide bonds. The average Bonchev–Trinajstić information content (AvgIpc) is 2.16. The molecule has 80 valence electrons. The molecular weight excluding hydrogens is 210 g/mol. The van der Waals surface area contributed by atoms with Crippen LogP contribution in [-0.4, -0.2) is 16.2 Å². The van der Waals surface area contributed by atoms with Crippen LogP contribution in [0.2, 0.25) is 0 Å². The maximum Gasteiger partial charge on any atom is 0.296 e. The van der Waals surface area contributed by atoms with E-state index < -0.39 is 22.7 Å². The second-order valence-electron chi connectivity index (χ2n) is 2.77. The van der Waals surface area contributed by atoms with E-state index in [1.807, 2.05) is 0 Å². The summed E-state index contributed by atoms with van der Waals surface area (Å²) in [5, 5.41) is 10.4. The van der Waals surface area contributed by atoms with Crippen LogP contribution in [0.4, 0.5) is 14.5 Å². The van der Waals surface area contributed by atoms with Gasteiger partial charge in [0.2, 0.25) is 0 Å². The van der Waals surface area contributed by atoms with Crippen molar-refractivity contribution in [3.05, 3.63) is 33.1 Å². The Morgan fingerprint density at radius 2 is 2.20 bits per heavy atom. The minimum atomic E-state index is -3.08. The van der Waals surface area contributed by atoms with Crippen LogP contribution in [0.3, 0.4) is 0 Å². The van der Waals surface area contributed by atoms with E-state index in [1.165, 1.54) is 6.92 Å². The Hall–Kier alpha value is -1.92. The highest BCUT2D eigenvalue weighted by Gasteiger charge is 2.25. The van der Waals surface area contributed by atoms with Gasteiger partial charge in [-0.2, -0.15) is 0 Å². The fraction of sp³-hybridized carbons (Fsp3) is 0.250. The zero-order chi connectivity index (χ0) is 11.6. The van der Waals surface area contributed by atoms with Crippen LogP contribution in [0, 0.1) is 17.0 Å². The van der Waals surface area contributed by atoms with Crippen molar-refractivity contribution in [2.45, 2.75) is 13.3 Å². The maximum absolute atomic E-state index is 12.4. The highest BCUT2D eigenvalue weighted by Crippen LogP contribution is 2.28. The molecule has 0 aromatic carbocycles. The Kier molecular flexibility index (Phi) is 3.03. The number of pyridine rings is 1. The minimum Gasteiger partial charge on any atom is -0.296 e. The molecule has 15 heavy (non-hydrogen) atoms. The van der Waals surface area contributed by atoms with E-state index in [4.69, 9.17) is 0 Å². The number of nitrogens with zero attached hydrogens (tertiary/aromatic N) is 2. The molecule has 0 aliphatic rings. The van der Waals surface area contributed by atoms with Gasteiger partial charge in [0.1, 0.15) is 5.69 Å². The highest BCUT2D eigenvalue weighted by molar-refractivity contribution is 5.75. The lowest BCUT2D eigenvalue weighted by atomic mass is 10.2. The quantitative estimate of drug-likeness (QED) is 0.440. The summed E-state index contributed by atoms with van der Waals surface area (Å²) >= 11 is 0.